The van der Waals surface area contributed by atoms with Crippen molar-refractivity contribution in [2.75, 3.05) is 25.5 Å². The summed E-state index contributed by atoms with van der Waals surface area (Å²) < 4.78 is 5.22. The molecule has 1 unspecified atom stereocenters. The van der Waals surface area contributed by atoms with E-state index in [2.05, 4.69) is 10.6 Å². The number of benzene rings is 2. The first-order chi connectivity index (χ1) is 13.9. The van der Waals surface area contributed by atoms with Gasteiger partial charge in [0.1, 0.15) is 5.75 Å². The molecule has 29 heavy (non-hydrogen) atoms. The van der Waals surface area contributed by atoms with E-state index < -0.39 is 5.41 Å². The summed E-state index contributed by atoms with van der Waals surface area (Å²) in [7, 11) is 1.61. The van der Waals surface area contributed by atoms with E-state index in [4.69, 9.17) is 16.3 Å². The van der Waals surface area contributed by atoms with Gasteiger partial charge in [-0.2, -0.15) is 0 Å². The molecule has 0 aliphatic carbocycles. The van der Waals surface area contributed by atoms with Crippen LogP contribution in [0.1, 0.15) is 25.3 Å². The number of amides is 3. The van der Waals surface area contributed by atoms with Gasteiger partial charge in [0.05, 0.1) is 12.5 Å². The van der Waals surface area contributed by atoms with Crippen molar-refractivity contribution in [3.63, 3.8) is 0 Å². The molecule has 1 saturated heterocycles. The topological polar surface area (TPSA) is 70.7 Å². The van der Waals surface area contributed by atoms with Crippen molar-refractivity contribution in [3.8, 4) is 5.75 Å². The summed E-state index contributed by atoms with van der Waals surface area (Å²) in [5.74, 6) is 0.699. The van der Waals surface area contributed by atoms with Crippen LogP contribution in [0.3, 0.4) is 0 Å². The number of nitrogens with zero attached hydrogens (tertiary/aromatic N) is 1. The van der Waals surface area contributed by atoms with Crippen LogP contribution in [0.4, 0.5) is 10.5 Å². The van der Waals surface area contributed by atoms with Gasteiger partial charge in [0.25, 0.3) is 0 Å². The fourth-order valence-corrected chi connectivity index (χ4v) is 3.74. The zero-order chi connectivity index (χ0) is 20.9. The number of methoxy groups -OCH3 is 1. The molecular formula is C22H26ClN3O3. The number of likely N-dealkylation sites (tertiary alicyclic amines) is 1. The zero-order valence-electron chi connectivity index (χ0n) is 16.7. The van der Waals surface area contributed by atoms with Gasteiger partial charge in [0.2, 0.25) is 5.91 Å². The summed E-state index contributed by atoms with van der Waals surface area (Å²) in [5.41, 5.74) is 0.966. The van der Waals surface area contributed by atoms with Crippen molar-refractivity contribution in [2.45, 2.75) is 26.3 Å². The molecule has 0 bridgehead atoms. The lowest BCUT2D eigenvalue weighted by molar-refractivity contribution is -0.132. The van der Waals surface area contributed by atoms with E-state index in [-0.39, 0.29) is 11.9 Å². The Hall–Kier alpha value is -2.73. The van der Waals surface area contributed by atoms with Crippen molar-refractivity contribution in [3.05, 3.63) is 59.1 Å². The van der Waals surface area contributed by atoms with Crippen molar-refractivity contribution < 1.29 is 14.3 Å². The highest BCUT2D eigenvalue weighted by atomic mass is 35.5. The fourth-order valence-electron chi connectivity index (χ4n) is 3.55. The van der Waals surface area contributed by atoms with Crippen LogP contribution >= 0.6 is 11.6 Å². The quantitative estimate of drug-likeness (QED) is 0.764. The highest BCUT2D eigenvalue weighted by molar-refractivity contribution is 6.30. The van der Waals surface area contributed by atoms with Crippen molar-refractivity contribution in [1.82, 2.24) is 10.2 Å². The van der Waals surface area contributed by atoms with Crippen LogP contribution in [0.5, 0.6) is 5.75 Å². The van der Waals surface area contributed by atoms with Gasteiger partial charge in [0, 0.05) is 30.3 Å². The Kier molecular flexibility index (Phi) is 6.64. The number of carbonyl (C=O) groups excluding carboxylic acids is 2. The van der Waals surface area contributed by atoms with Gasteiger partial charge in [-0.25, -0.2) is 4.79 Å². The molecule has 0 spiro atoms. The smallest absolute Gasteiger partial charge is 0.321 e. The summed E-state index contributed by atoms with van der Waals surface area (Å²) in [5, 5.41) is 6.42. The van der Waals surface area contributed by atoms with Crippen LogP contribution in [-0.4, -0.2) is 37.0 Å². The van der Waals surface area contributed by atoms with Crippen LogP contribution in [0, 0.1) is 5.41 Å². The number of nitrogens with one attached hydrogen (secondary N) is 2. The van der Waals surface area contributed by atoms with E-state index in [1.54, 1.807) is 36.3 Å². The Balaban J connectivity index is 1.59. The van der Waals surface area contributed by atoms with E-state index >= 15 is 0 Å². The van der Waals surface area contributed by atoms with Crippen LogP contribution in [0.25, 0.3) is 0 Å². The predicted octanol–water partition coefficient (Wildman–Crippen LogP) is 4.30. The highest BCUT2D eigenvalue weighted by Gasteiger charge is 2.39. The van der Waals surface area contributed by atoms with Gasteiger partial charge in [-0.1, -0.05) is 29.8 Å². The van der Waals surface area contributed by atoms with Crippen molar-refractivity contribution in [2.24, 2.45) is 5.41 Å². The van der Waals surface area contributed by atoms with Gasteiger partial charge >= 0.3 is 6.03 Å². The van der Waals surface area contributed by atoms with Crippen LogP contribution in [-0.2, 0) is 11.3 Å². The van der Waals surface area contributed by atoms with Gasteiger partial charge in [0.15, 0.2) is 0 Å². The SMILES string of the molecule is COc1cccc(CNC(=O)C2(C)CCCN(C(=O)Nc3cccc(Cl)c3)C2)c1. The number of urea groups is 1. The number of piperidine rings is 1. The summed E-state index contributed by atoms with van der Waals surface area (Å²) in [6.07, 6.45) is 1.50. The average Bonchev–Trinajstić information content (AvgIpc) is 2.72. The molecule has 3 amide bonds. The molecule has 154 valence electrons. The highest BCUT2D eigenvalue weighted by Crippen LogP contribution is 2.30. The van der Waals surface area contributed by atoms with E-state index in [0.29, 0.717) is 30.3 Å². The maximum atomic E-state index is 12.9. The van der Waals surface area contributed by atoms with Gasteiger partial charge in [-0.3, -0.25) is 4.79 Å². The Morgan fingerprint density at radius 2 is 2.00 bits per heavy atom. The second kappa shape index (κ2) is 9.18. The fraction of sp³-hybridized carbons (Fsp3) is 0.364. The maximum absolute atomic E-state index is 12.9. The van der Waals surface area contributed by atoms with Crippen LogP contribution < -0.4 is 15.4 Å². The Bertz CT molecular complexity index is 889. The zero-order valence-corrected chi connectivity index (χ0v) is 17.5. The number of ether oxygens (including phenoxy) is 1. The number of hydrogen-bond acceptors (Lipinski definition) is 3. The number of halogens is 1. The van der Waals surface area contributed by atoms with Crippen LogP contribution in [0.15, 0.2) is 48.5 Å². The lowest BCUT2D eigenvalue weighted by atomic mass is 9.81. The molecule has 1 aliphatic rings. The average molecular weight is 416 g/mol. The molecule has 6 nitrogen and oxygen atoms in total. The lowest BCUT2D eigenvalue weighted by Crippen LogP contribution is -2.52. The second-order valence-electron chi connectivity index (χ2n) is 7.56. The van der Waals surface area contributed by atoms with Crippen molar-refractivity contribution in [1.29, 1.82) is 0 Å². The largest absolute Gasteiger partial charge is 0.497 e. The van der Waals surface area contributed by atoms with Gasteiger partial charge < -0.3 is 20.3 Å². The monoisotopic (exact) mass is 415 g/mol. The minimum absolute atomic E-state index is 0.0550. The molecule has 0 radical (unpaired) electrons. The minimum Gasteiger partial charge on any atom is -0.497 e. The first-order valence-electron chi connectivity index (χ1n) is 9.62. The number of hydrogen-bond donors (Lipinski definition) is 2. The summed E-state index contributed by atoms with van der Waals surface area (Å²) in [4.78, 5) is 27.3. The molecule has 1 heterocycles. The van der Waals surface area contributed by atoms with E-state index in [1.807, 2.05) is 31.2 Å². The third kappa shape index (κ3) is 5.41. The minimum atomic E-state index is -0.636. The lowest BCUT2D eigenvalue weighted by Gasteiger charge is -2.39. The molecular weight excluding hydrogens is 390 g/mol. The first kappa shape index (κ1) is 21.0. The molecule has 1 fully saturated rings. The summed E-state index contributed by atoms with van der Waals surface area (Å²) in [6.45, 7) is 3.31. The van der Waals surface area contributed by atoms with E-state index in [1.165, 1.54) is 0 Å². The third-order valence-electron chi connectivity index (χ3n) is 5.19. The maximum Gasteiger partial charge on any atom is 0.321 e. The number of carbonyl (C=O) groups is 2. The molecule has 3 rings (SSSR count). The third-order valence-corrected chi connectivity index (χ3v) is 5.43. The summed E-state index contributed by atoms with van der Waals surface area (Å²) in [6, 6.07) is 14.4. The molecule has 2 aromatic rings. The molecule has 2 N–H and O–H groups in total. The predicted molar refractivity (Wildman–Crippen MR) is 114 cm³/mol. The van der Waals surface area contributed by atoms with Gasteiger partial charge in [-0.15, -0.1) is 0 Å². The number of anilines is 1. The van der Waals surface area contributed by atoms with E-state index in [9.17, 15) is 9.59 Å². The summed E-state index contributed by atoms with van der Waals surface area (Å²) >= 11 is 5.98. The number of rotatable bonds is 5. The molecule has 0 saturated carbocycles. The molecule has 7 heteroatoms. The van der Waals surface area contributed by atoms with Crippen LogP contribution in [0.2, 0.25) is 5.02 Å². The Labute approximate surface area is 176 Å². The molecule has 1 atom stereocenters. The first-order valence-corrected chi connectivity index (χ1v) is 10.0. The van der Waals surface area contributed by atoms with Gasteiger partial charge in [-0.05, 0) is 55.7 Å². The normalized spacial score (nSPS) is 18.8. The Morgan fingerprint density at radius 1 is 1.21 bits per heavy atom. The second-order valence-corrected chi connectivity index (χ2v) is 8.00. The standard InChI is InChI=1S/C22H26ClN3O3/c1-22(20(27)24-14-16-6-3-9-19(12-16)29-2)10-5-11-26(15-22)21(28)25-18-8-4-7-17(23)13-18/h3-4,6-9,12-13H,5,10-11,14-15H2,1-2H3,(H,24,27)(H,25,28). The van der Waals surface area contributed by atoms with E-state index in [0.717, 1.165) is 24.2 Å². The Morgan fingerprint density at radius 3 is 2.76 bits per heavy atom. The molecule has 0 aromatic heterocycles. The van der Waals surface area contributed by atoms with Crippen molar-refractivity contribution >= 4 is 29.2 Å². The molecule has 1 aliphatic heterocycles. The molecule has 2 aromatic carbocycles.